The minimum atomic E-state index is 0.381. The fraction of sp³-hybridized carbons (Fsp3) is 0.625. The lowest BCUT2D eigenvalue weighted by atomic mass is 9.61. The normalized spacial score (nSPS) is 28.0. The number of halogens is 4. The monoisotopic (exact) mass is 686 g/mol. The summed E-state index contributed by atoms with van der Waals surface area (Å²) in [6, 6.07) is 4.42. The Hall–Kier alpha value is 1.69. The van der Waals surface area contributed by atoms with Crippen LogP contribution in [-0.4, -0.2) is 10.9 Å². The summed E-state index contributed by atoms with van der Waals surface area (Å²) >= 11 is 11.1. The van der Waals surface area contributed by atoms with Crippen molar-refractivity contribution in [2.75, 3.05) is 0 Å². The zero-order valence-electron chi connectivity index (χ0n) is 11.7. The lowest BCUT2D eigenvalue weighted by Crippen LogP contribution is -2.56. The SMILES string of the molecule is BrC1CC(Oc2c(I)cc(I)cc2I)C12CCCCCC2. The van der Waals surface area contributed by atoms with Crippen LogP contribution in [0, 0.1) is 16.1 Å². The Kier molecular flexibility index (Phi) is 6.08. The quantitative estimate of drug-likeness (QED) is 0.247. The summed E-state index contributed by atoms with van der Waals surface area (Å²) in [4.78, 5) is 0.646. The van der Waals surface area contributed by atoms with Gasteiger partial charge in [-0.15, -0.1) is 0 Å². The standard InChI is InChI=1S/C16H18BrI3O/c17-13-9-14(16(13)5-3-1-2-4-6-16)21-15-11(19)7-10(18)8-12(15)20/h7-8,13-14H,1-6,9H2. The van der Waals surface area contributed by atoms with Gasteiger partial charge in [-0.1, -0.05) is 41.6 Å². The van der Waals surface area contributed by atoms with Crippen molar-refractivity contribution >= 4 is 83.7 Å². The van der Waals surface area contributed by atoms with Crippen LogP contribution < -0.4 is 4.74 Å². The van der Waals surface area contributed by atoms with Crippen molar-refractivity contribution < 1.29 is 4.74 Å². The summed E-state index contributed by atoms with van der Waals surface area (Å²) in [5, 5.41) is 0. The van der Waals surface area contributed by atoms with E-state index in [0.717, 1.165) is 12.2 Å². The largest absolute Gasteiger partial charge is 0.488 e. The molecular formula is C16H18BrI3O. The number of ether oxygens (including phenoxy) is 1. The van der Waals surface area contributed by atoms with Crippen LogP contribution in [0.15, 0.2) is 12.1 Å². The second-order valence-electron chi connectivity index (χ2n) is 6.16. The van der Waals surface area contributed by atoms with Gasteiger partial charge in [0.2, 0.25) is 0 Å². The molecule has 2 aliphatic carbocycles. The van der Waals surface area contributed by atoms with Crippen LogP contribution in [0.3, 0.4) is 0 Å². The maximum absolute atomic E-state index is 6.54. The lowest BCUT2D eigenvalue weighted by molar-refractivity contribution is -0.0471. The number of alkyl halides is 1. The van der Waals surface area contributed by atoms with Crippen molar-refractivity contribution in [3.63, 3.8) is 0 Å². The zero-order chi connectivity index (χ0) is 15.0. The highest BCUT2D eigenvalue weighted by Crippen LogP contribution is 2.56. The highest BCUT2D eigenvalue weighted by atomic mass is 127. The van der Waals surface area contributed by atoms with E-state index < -0.39 is 0 Å². The van der Waals surface area contributed by atoms with Gasteiger partial charge in [0.1, 0.15) is 11.9 Å². The lowest BCUT2D eigenvalue weighted by Gasteiger charge is -2.53. The molecule has 1 spiro atoms. The van der Waals surface area contributed by atoms with Crippen molar-refractivity contribution in [1.82, 2.24) is 0 Å². The minimum absolute atomic E-state index is 0.381. The Morgan fingerprint density at radius 3 is 2.10 bits per heavy atom. The smallest absolute Gasteiger partial charge is 0.146 e. The first-order chi connectivity index (χ1) is 10.0. The molecule has 1 nitrogen and oxygen atoms in total. The van der Waals surface area contributed by atoms with Crippen LogP contribution in [0.25, 0.3) is 0 Å². The number of benzene rings is 1. The predicted octanol–water partition coefficient (Wildman–Crippen LogP) is 6.76. The molecule has 5 heteroatoms. The molecular weight excluding hydrogens is 669 g/mol. The van der Waals surface area contributed by atoms with Gasteiger partial charge < -0.3 is 4.74 Å². The van der Waals surface area contributed by atoms with E-state index in [0.29, 0.717) is 16.3 Å². The third kappa shape index (κ3) is 3.55. The fourth-order valence-electron chi connectivity index (χ4n) is 3.67. The maximum Gasteiger partial charge on any atom is 0.146 e. The molecule has 2 aliphatic rings. The summed E-state index contributed by atoms with van der Waals surface area (Å²) in [5.41, 5.74) is 0.381. The van der Waals surface area contributed by atoms with Gasteiger partial charge >= 0.3 is 0 Å². The predicted molar refractivity (Wildman–Crippen MR) is 116 cm³/mol. The average molecular weight is 687 g/mol. The Labute approximate surface area is 176 Å². The first kappa shape index (κ1) is 17.5. The van der Waals surface area contributed by atoms with E-state index in [4.69, 9.17) is 4.74 Å². The third-order valence-corrected chi connectivity index (χ3v) is 8.45. The third-order valence-electron chi connectivity index (χ3n) is 4.94. The molecule has 0 amide bonds. The molecule has 2 unspecified atom stereocenters. The van der Waals surface area contributed by atoms with Crippen molar-refractivity contribution in [2.45, 2.75) is 55.9 Å². The molecule has 0 radical (unpaired) electrons. The average Bonchev–Trinajstić information content (AvgIpc) is 2.69. The Bertz CT molecular complexity index is 503. The van der Waals surface area contributed by atoms with Gasteiger partial charge in [-0.2, -0.15) is 0 Å². The van der Waals surface area contributed by atoms with E-state index in [9.17, 15) is 0 Å². The van der Waals surface area contributed by atoms with Crippen LogP contribution in [0.1, 0.15) is 44.9 Å². The molecule has 2 atom stereocenters. The molecule has 0 aromatic heterocycles. The fourth-order valence-corrected chi connectivity index (χ4v) is 8.60. The van der Waals surface area contributed by atoms with Gasteiger partial charge in [0.05, 0.1) is 7.14 Å². The van der Waals surface area contributed by atoms with Gasteiger partial charge in [-0.05, 0) is 99.2 Å². The first-order valence-corrected chi connectivity index (χ1v) is 11.6. The van der Waals surface area contributed by atoms with E-state index in [1.165, 1.54) is 49.2 Å². The van der Waals surface area contributed by atoms with Gasteiger partial charge in [-0.25, -0.2) is 0 Å². The van der Waals surface area contributed by atoms with Crippen molar-refractivity contribution in [3.8, 4) is 5.75 Å². The minimum Gasteiger partial charge on any atom is -0.488 e. The molecule has 0 heterocycles. The molecule has 3 rings (SSSR count). The maximum atomic E-state index is 6.54. The molecule has 2 saturated carbocycles. The van der Waals surface area contributed by atoms with Crippen LogP contribution in [0.2, 0.25) is 0 Å². The van der Waals surface area contributed by atoms with Crippen LogP contribution in [0.5, 0.6) is 5.75 Å². The molecule has 2 fully saturated rings. The molecule has 0 bridgehead atoms. The summed E-state index contributed by atoms with van der Waals surface area (Å²) < 4.78 is 10.3. The molecule has 0 saturated heterocycles. The van der Waals surface area contributed by atoms with Crippen molar-refractivity contribution in [1.29, 1.82) is 0 Å². The van der Waals surface area contributed by atoms with Gasteiger partial charge in [0, 0.05) is 13.8 Å². The van der Waals surface area contributed by atoms with E-state index in [1.807, 2.05) is 0 Å². The van der Waals surface area contributed by atoms with Crippen LogP contribution in [0.4, 0.5) is 0 Å². The summed E-state index contributed by atoms with van der Waals surface area (Å²) in [7, 11) is 0. The van der Waals surface area contributed by atoms with Gasteiger partial charge in [0.15, 0.2) is 0 Å². The van der Waals surface area contributed by atoms with Crippen molar-refractivity contribution in [3.05, 3.63) is 22.8 Å². The second kappa shape index (κ2) is 7.29. The topological polar surface area (TPSA) is 9.23 Å². The zero-order valence-corrected chi connectivity index (χ0v) is 19.7. The van der Waals surface area contributed by atoms with E-state index >= 15 is 0 Å². The van der Waals surface area contributed by atoms with Crippen LogP contribution in [-0.2, 0) is 0 Å². The molecule has 1 aromatic rings. The summed E-state index contributed by atoms with van der Waals surface area (Å²) in [6.45, 7) is 0. The number of hydrogen-bond acceptors (Lipinski definition) is 1. The Balaban J connectivity index is 1.82. The molecule has 116 valence electrons. The molecule has 21 heavy (non-hydrogen) atoms. The van der Waals surface area contributed by atoms with E-state index in [-0.39, 0.29) is 0 Å². The molecule has 0 aliphatic heterocycles. The molecule has 0 N–H and O–H groups in total. The summed E-state index contributed by atoms with van der Waals surface area (Å²) in [6.07, 6.45) is 9.71. The number of rotatable bonds is 2. The number of hydrogen-bond donors (Lipinski definition) is 0. The van der Waals surface area contributed by atoms with Gasteiger partial charge in [0.25, 0.3) is 0 Å². The Morgan fingerprint density at radius 2 is 1.57 bits per heavy atom. The van der Waals surface area contributed by atoms with E-state index in [2.05, 4.69) is 95.8 Å². The second-order valence-corrected chi connectivity index (χ2v) is 10.8. The molecule has 1 aromatic carbocycles. The van der Waals surface area contributed by atoms with Gasteiger partial charge in [-0.3, -0.25) is 0 Å². The first-order valence-electron chi connectivity index (χ1n) is 7.48. The Morgan fingerprint density at radius 1 is 1.00 bits per heavy atom. The highest BCUT2D eigenvalue weighted by molar-refractivity contribution is 14.1. The van der Waals surface area contributed by atoms with Crippen LogP contribution >= 0.6 is 83.7 Å². The summed E-state index contributed by atoms with van der Waals surface area (Å²) in [5.74, 6) is 1.10. The van der Waals surface area contributed by atoms with Crippen molar-refractivity contribution in [2.24, 2.45) is 5.41 Å². The van der Waals surface area contributed by atoms with E-state index in [1.54, 1.807) is 0 Å². The highest BCUT2D eigenvalue weighted by Gasteiger charge is 2.55.